The van der Waals surface area contributed by atoms with E-state index in [9.17, 15) is 9.18 Å². The van der Waals surface area contributed by atoms with Gasteiger partial charge >= 0.3 is 5.97 Å². The molecule has 3 heteroatoms. The monoisotopic (exact) mass is 192 g/mol. The Morgan fingerprint density at radius 2 is 2.07 bits per heavy atom. The minimum absolute atomic E-state index is 0.354. The van der Waals surface area contributed by atoms with E-state index in [0.717, 1.165) is 0 Å². The molecule has 0 aromatic heterocycles. The number of esters is 1. The number of terminal acetylenes is 1. The second kappa shape index (κ2) is 4.43. The van der Waals surface area contributed by atoms with Crippen molar-refractivity contribution in [2.75, 3.05) is 0 Å². The number of rotatable bonds is 2. The van der Waals surface area contributed by atoms with Crippen molar-refractivity contribution in [3.63, 3.8) is 0 Å². The minimum atomic E-state index is -0.743. The minimum Gasteiger partial charge on any atom is -0.444 e. The molecule has 0 saturated carbocycles. The number of halogens is 1. The van der Waals surface area contributed by atoms with Gasteiger partial charge in [0.2, 0.25) is 0 Å². The molecule has 0 amide bonds. The lowest BCUT2D eigenvalue weighted by molar-refractivity contribution is -0.144. The van der Waals surface area contributed by atoms with Crippen LogP contribution in [0.1, 0.15) is 18.6 Å². The van der Waals surface area contributed by atoms with Crippen LogP contribution in [-0.4, -0.2) is 5.97 Å². The molecule has 0 aliphatic heterocycles. The van der Waals surface area contributed by atoms with Gasteiger partial charge in [0.1, 0.15) is 5.82 Å². The molecule has 1 aromatic carbocycles. The van der Waals surface area contributed by atoms with Gasteiger partial charge in [-0.1, -0.05) is 18.1 Å². The topological polar surface area (TPSA) is 26.3 Å². The summed E-state index contributed by atoms with van der Waals surface area (Å²) in [7, 11) is 0. The fourth-order valence-electron chi connectivity index (χ4n) is 1.00. The molecule has 2 nitrogen and oxygen atoms in total. The molecule has 0 N–H and O–H groups in total. The van der Waals surface area contributed by atoms with Crippen LogP contribution < -0.4 is 0 Å². The van der Waals surface area contributed by atoms with E-state index in [-0.39, 0.29) is 5.82 Å². The second-order valence-electron chi connectivity index (χ2n) is 2.71. The molecule has 0 saturated heterocycles. The average Bonchev–Trinajstić information content (AvgIpc) is 2.15. The van der Waals surface area contributed by atoms with Crippen LogP contribution in [0.25, 0.3) is 0 Å². The summed E-state index contributed by atoms with van der Waals surface area (Å²) < 4.78 is 17.4. The highest BCUT2D eigenvalue weighted by Gasteiger charge is 2.10. The fourth-order valence-corrected chi connectivity index (χ4v) is 1.00. The van der Waals surface area contributed by atoms with Crippen LogP contribution in [0, 0.1) is 18.2 Å². The third-order valence-corrected chi connectivity index (χ3v) is 1.61. The Kier molecular flexibility index (Phi) is 3.24. The van der Waals surface area contributed by atoms with E-state index in [2.05, 4.69) is 5.92 Å². The van der Waals surface area contributed by atoms with E-state index < -0.39 is 12.1 Å². The van der Waals surface area contributed by atoms with Crippen molar-refractivity contribution < 1.29 is 13.9 Å². The lowest BCUT2D eigenvalue weighted by atomic mass is 10.1. The second-order valence-corrected chi connectivity index (χ2v) is 2.71. The van der Waals surface area contributed by atoms with Gasteiger partial charge in [-0.25, -0.2) is 4.39 Å². The van der Waals surface area contributed by atoms with Gasteiger partial charge in [0.25, 0.3) is 0 Å². The molecular weight excluding hydrogens is 183 g/mol. The van der Waals surface area contributed by atoms with Gasteiger partial charge in [-0.3, -0.25) is 4.79 Å². The van der Waals surface area contributed by atoms with E-state index in [1.807, 2.05) is 0 Å². The summed E-state index contributed by atoms with van der Waals surface area (Å²) >= 11 is 0. The van der Waals surface area contributed by atoms with Crippen LogP contribution in [0.3, 0.4) is 0 Å². The maximum Gasteiger partial charge on any atom is 0.304 e. The molecule has 1 rings (SSSR count). The predicted octanol–water partition coefficient (Wildman–Crippen LogP) is 2.06. The summed E-state index contributed by atoms with van der Waals surface area (Å²) in [5.74, 6) is 1.49. The van der Waals surface area contributed by atoms with Crippen molar-refractivity contribution in [3.8, 4) is 12.3 Å². The first kappa shape index (κ1) is 10.3. The van der Waals surface area contributed by atoms with Crippen molar-refractivity contribution >= 4 is 5.97 Å². The first-order valence-electron chi connectivity index (χ1n) is 4.02. The molecule has 1 aromatic rings. The number of benzene rings is 1. The van der Waals surface area contributed by atoms with Crippen molar-refractivity contribution in [3.05, 3.63) is 35.6 Å². The molecule has 0 heterocycles. The van der Waals surface area contributed by atoms with Gasteiger partial charge in [-0.05, 0) is 12.1 Å². The van der Waals surface area contributed by atoms with Gasteiger partial charge in [-0.15, -0.1) is 6.42 Å². The smallest absolute Gasteiger partial charge is 0.304 e. The highest BCUT2D eigenvalue weighted by atomic mass is 19.1. The third-order valence-electron chi connectivity index (χ3n) is 1.61. The molecule has 0 radical (unpaired) electrons. The number of carbonyl (C=O) groups is 1. The van der Waals surface area contributed by atoms with Crippen LogP contribution in [0.15, 0.2) is 24.3 Å². The van der Waals surface area contributed by atoms with Crippen LogP contribution in [0.2, 0.25) is 0 Å². The van der Waals surface area contributed by atoms with Crippen LogP contribution in [-0.2, 0) is 9.53 Å². The first-order valence-corrected chi connectivity index (χ1v) is 4.02. The summed E-state index contributed by atoms with van der Waals surface area (Å²) in [6, 6.07) is 5.51. The maximum atomic E-state index is 12.6. The predicted molar refractivity (Wildman–Crippen MR) is 49.7 cm³/mol. The van der Waals surface area contributed by atoms with E-state index in [1.54, 1.807) is 0 Å². The summed E-state index contributed by atoms with van der Waals surface area (Å²) in [6.07, 6.45) is 4.43. The zero-order chi connectivity index (χ0) is 10.6. The zero-order valence-electron chi connectivity index (χ0n) is 7.66. The van der Waals surface area contributed by atoms with Gasteiger partial charge in [-0.2, -0.15) is 0 Å². The SMILES string of the molecule is C#C[C@@H](OC(C)=O)c1ccc(F)cc1. The molecule has 0 unspecified atom stereocenters. The molecule has 0 aliphatic carbocycles. The normalized spacial score (nSPS) is 11.5. The number of hydrogen-bond donors (Lipinski definition) is 0. The molecule has 0 fully saturated rings. The Balaban J connectivity index is 2.85. The quantitative estimate of drug-likeness (QED) is 0.529. The fraction of sp³-hybridized carbons (Fsp3) is 0.182. The molecule has 72 valence electrons. The largest absolute Gasteiger partial charge is 0.444 e. The van der Waals surface area contributed by atoms with E-state index in [4.69, 9.17) is 11.2 Å². The molecule has 0 spiro atoms. The maximum absolute atomic E-state index is 12.6. The zero-order valence-corrected chi connectivity index (χ0v) is 7.66. The molecule has 0 aliphatic rings. The van der Waals surface area contributed by atoms with Crippen molar-refractivity contribution in [1.29, 1.82) is 0 Å². The Bertz CT molecular complexity index is 362. The summed E-state index contributed by atoms with van der Waals surface area (Å²) in [5, 5.41) is 0. The van der Waals surface area contributed by atoms with E-state index in [1.165, 1.54) is 31.2 Å². The Morgan fingerprint density at radius 3 is 2.50 bits per heavy atom. The molecule has 0 bridgehead atoms. The van der Waals surface area contributed by atoms with Gasteiger partial charge < -0.3 is 4.74 Å². The highest BCUT2D eigenvalue weighted by Crippen LogP contribution is 2.16. The van der Waals surface area contributed by atoms with Gasteiger partial charge in [0, 0.05) is 12.5 Å². The molecule has 14 heavy (non-hydrogen) atoms. The van der Waals surface area contributed by atoms with E-state index >= 15 is 0 Å². The summed E-state index contributed by atoms with van der Waals surface area (Å²) in [5.41, 5.74) is 0.587. The van der Waals surface area contributed by atoms with Crippen molar-refractivity contribution in [2.24, 2.45) is 0 Å². The van der Waals surface area contributed by atoms with Crippen LogP contribution >= 0.6 is 0 Å². The highest BCUT2D eigenvalue weighted by molar-refractivity contribution is 5.66. The van der Waals surface area contributed by atoms with Crippen molar-refractivity contribution in [2.45, 2.75) is 13.0 Å². The number of ether oxygens (including phenoxy) is 1. The average molecular weight is 192 g/mol. The number of carbonyl (C=O) groups excluding carboxylic acids is 1. The lowest BCUT2D eigenvalue weighted by Gasteiger charge is -2.10. The first-order chi connectivity index (χ1) is 6.63. The summed E-state index contributed by atoms with van der Waals surface area (Å²) in [6.45, 7) is 1.27. The molecular formula is C11H9FO2. The summed E-state index contributed by atoms with van der Waals surface area (Å²) in [4.78, 5) is 10.7. The van der Waals surface area contributed by atoms with E-state index in [0.29, 0.717) is 5.56 Å². The van der Waals surface area contributed by atoms with Gasteiger partial charge in [0.05, 0.1) is 0 Å². The standard InChI is InChI=1S/C11H9FO2/c1-3-11(14-8(2)13)9-4-6-10(12)7-5-9/h1,4-7,11H,2H3/t11-/m1/s1. The van der Waals surface area contributed by atoms with Crippen LogP contribution in [0.4, 0.5) is 4.39 Å². The lowest BCUT2D eigenvalue weighted by Crippen LogP contribution is -2.06. The number of hydrogen-bond acceptors (Lipinski definition) is 2. The van der Waals surface area contributed by atoms with Crippen LogP contribution in [0.5, 0.6) is 0 Å². The molecule has 1 atom stereocenters. The van der Waals surface area contributed by atoms with Gasteiger partial charge in [0.15, 0.2) is 6.10 Å². The third kappa shape index (κ3) is 2.60. The Hall–Kier alpha value is -1.82. The Morgan fingerprint density at radius 1 is 1.50 bits per heavy atom. The Labute approximate surface area is 81.7 Å². The van der Waals surface area contributed by atoms with Crippen molar-refractivity contribution in [1.82, 2.24) is 0 Å².